The molecule has 1 heterocycles. The number of nitrogens with zero attached hydrogens (tertiary/aromatic N) is 1. The number of hydrogen-bond acceptors (Lipinski definition) is 3. The molecule has 0 saturated carbocycles. The van der Waals surface area contributed by atoms with Gasteiger partial charge in [0.1, 0.15) is 0 Å². The number of carboxylic acids is 1. The van der Waals surface area contributed by atoms with Gasteiger partial charge in [-0.15, -0.1) is 0 Å². The van der Waals surface area contributed by atoms with E-state index in [1.165, 1.54) is 11.6 Å². The molecule has 0 radical (unpaired) electrons. The van der Waals surface area contributed by atoms with Crippen molar-refractivity contribution < 1.29 is 14.6 Å². The van der Waals surface area contributed by atoms with Crippen LogP contribution in [0.1, 0.15) is 36.1 Å². The zero-order valence-electron chi connectivity index (χ0n) is 12.3. The highest BCUT2D eigenvalue weighted by Crippen LogP contribution is 2.21. The molecule has 0 amide bonds. The lowest BCUT2D eigenvalue weighted by Crippen LogP contribution is -2.29. The van der Waals surface area contributed by atoms with Crippen LogP contribution >= 0.6 is 0 Å². The second-order valence-electron chi connectivity index (χ2n) is 5.25. The van der Waals surface area contributed by atoms with Crippen LogP contribution in [0.4, 0.5) is 0 Å². The lowest BCUT2D eigenvalue weighted by atomic mass is 9.94. The summed E-state index contributed by atoms with van der Waals surface area (Å²) in [6.07, 6.45) is 7.27. The summed E-state index contributed by atoms with van der Waals surface area (Å²) >= 11 is 0. The molecule has 0 fully saturated rings. The predicted molar refractivity (Wildman–Crippen MR) is 80.5 cm³/mol. The number of aliphatic carboxylic acids is 1. The van der Waals surface area contributed by atoms with Crippen molar-refractivity contribution in [3.8, 4) is 0 Å². The van der Waals surface area contributed by atoms with Gasteiger partial charge in [-0.25, -0.2) is 4.79 Å². The summed E-state index contributed by atoms with van der Waals surface area (Å²) in [5.74, 6) is -1.04. The molecule has 5 nitrogen and oxygen atoms in total. The number of carbonyl (C=O) groups is 1. The molecule has 1 aliphatic carbocycles. The van der Waals surface area contributed by atoms with Crippen molar-refractivity contribution in [1.82, 2.24) is 4.57 Å². The molecule has 5 heteroatoms. The second-order valence-corrected chi connectivity index (χ2v) is 5.25. The Balaban J connectivity index is 2.41. The van der Waals surface area contributed by atoms with E-state index < -0.39 is 5.97 Å². The Bertz CT molecular complexity index is 601. The van der Waals surface area contributed by atoms with E-state index in [0.717, 1.165) is 43.9 Å². The van der Waals surface area contributed by atoms with Gasteiger partial charge in [0.25, 0.3) is 5.56 Å². The number of carboxylic acid groups (broad SMARTS) is 1. The lowest BCUT2D eigenvalue weighted by Gasteiger charge is -2.22. The second kappa shape index (κ2) is 7.22. The molecule has 0 saturated heterocycles. The number of hydrogen-bond donors (Lipinski definition) is 1. The Hall–Kier alpha value is -1.88. The Morgan fingerprint density at radius 3 is 2.90 bits per heavy atom. The fourth-order valence-electron chi connectivity index (χ4n) is 2.79. The minimum absolute atomic E-state index is 0.107. The molecule has 0 unspecified atom stereocenters. The first kappa shape index (κ1) is 15.5. The fraction of sp³-hybridized carbons (Fsp3) is 0.500. The van der Waals surface area contributed by atoms with Crippen LogP contribution in [0.15, 0.2) is 16.9 Å². The van der Waals surface area contributed by atoms with Crippen LogP contribution in [0.3, 0.4) is 0 Å². The van der Waals surface area contributed by atoms with Gasteiger partial charge in [-0.3, -0.25) is 4.79 Å². The molecule has 1 aliphatic rings. The highest BCUT2D eigenvalue weighted by atomic mass is 16.5. The minimum atomic E-state index is -1.04. The summed E-state index contributed by atoms with van der Waals surface area (Å²) in [5.41, 5.74) is 2.62. The van der Waals surface area contributed by atoms with Crippen LogP contribution in [0.5, 0.6) is 0 Å². The van der Waals surface area contributed by atoms with Gasteiger partial charge in [-0.1, -0.05) is 0 Å². The van der Waals surface area contributed by atoms with Gasteiger partial charge in [0.05, 0.1) is 0 Å². The molecule has 1 N–H and O–H groups in total. The van der Waals surface area contributed by atoms with Crippen molar-refractivity contribution in [1.29, 1.82) is 0 Å². The molecular weight excluding hydrogens is 270 g/mol. The molecule has 0 aliphatic heterocycles. The van der Waals surface area contributed by atoms with Crippen molar-refractivity contribution in [3.05, 3.63) is 39.3 Å². The maximum Gasteiger partial charge on any atom is 0.328 e. The van der Waals surface area contributed by atoms with E-state index in [1.807, 2.05) is 6.07 Å². The smallest absolute Gasteiger partial charge is 0.328 e. The fourth-order valence-corrected chi connectivity index (χ4v) is 2.79. The highest BCUT2D eigenvalue weighted by molar-refractivity contribution is 5.85. The number of fused-ring (bicyclic) bond motifs is 1. The van der Waals surface area contributed by atoms with Gasteiger partial charge in [-0.2, -0.15) is 0 Å². The lowest BCUT2D eigenvalue weighted by molar-refractivity contribution is -0.131. The molecular formula is C16H21NO4. The molecule has 0 bridgehead atoms. The number of methoxy groups -OCH3 is 1. The van der Waals surface area contributed by atoms with Gasteiger partial charge >= 0.3 is 5.97 Å². The van der Waals surface area contributed by atoms with Gasteiger partial charge in [-0.05, 0) is 49.8 Å². The first-order chi connectivity index (χ1) is 10.1. The first-order valence-electron chi connectivity index (χ1n) is 7.29. The van der Waals surface area contributed by atoms with E-state index in [1.54, 1.807) is 11.7 Å². The van der Waals surface area contributed by atoms with E-state index in [2.05, 4.69) is 0 Å². The van der Waals surface area contributed by atoms with E-state index in [9.17, 15) is 9.59 Å². The highest BCUT2D eigenvalue weighted by Gasteiger charge is 2.16. The summed E-state index contributed by atoms with van der Waals surface area (Å²) in [4.78, 5) is 23.2. The van der Waals surface area contributed by atoms with Gasteiger partial charge in [0.15, 0.2) is 0 Å². The van der Waals surface area contributed by atoms with Crippen molar-refractivity contribution in [2.75, 3.05) is 13.7 Å². The Morgan fingerprint density at radius 1 is 1.43 bits per heavy atom. The predicted octanol–water partition coefficient (Wildman–Crippen LogP) is 1.86. The number of ether oxygens (including phenoxy) is 1. The number of aromatic nitrogens is 1. The minimum Gasteiger partial charge on any atom is -0.478 e. The largest absolute Gasteiger partial charge is 0.478 e. The Labute approximate surface area is 123 Å². The van der Waals surface area contributed by atoms with Gasteiger partial charge < -0.3 is 14.4 Å². The average molecular weight is 291 g/mol. The van der Waals surface area contributed by atoms with Crippen molar-refractivity contribution in [3.63, 3.8) is 0 Å². The molecule has 0 spiro atoms. The first-order valence-corrected chi connectivity index (χ1v) is 7.29. The summed E-state index contributed by atoms with van der Waals surface area (Å²) < 4.78 is 6.85. The maximum atomic E-state index is 12.5. The average Bonchev–Trinajstić information content (AvgIpc) is 2.47. The molecule has 1 aromatic heterocycles. The number of pyridine rings is 1. The van der Waals surface area contributed by atoms with Crippen LogP contribution in [0.2, 0.25) is 0 Å². The molecule has 1 aromatic rings. The monoisotopic (exact) mass is 291 g/mol. The van der Waals surface area contributed by atoms with Crippen LogP contribution in [-0.2, 0) is 28.9 Å². The van der Waals surface area contributed by atoms with Crippen LogP contribution < -0.4 is 5.56 Å². The SMILES string of the molecule is COCCCn1c2c(cc(/C=C/C(=O)O)c1=O)CCCC2. The summed E-state index contributed by atoms with van der Waals surface area (Å²) in [5, 5.41) is 8.73. The van der Waals surface area contributed by atoms with Crippen LogP contribution in [-0.4, -0.2) is 29.4 Å². The van der Waals surface area contributed by atoms with E-state index in [-0.39, 0.29) is 5.56 Å². The number of aryl methyl sites for hydroxylation is 1. The van der Waals surface area contributed by atoms with Crippen molar-refractivity contribution in [2.45, 2.75) is 38.6 Å². The Morgan fingerprint density at radius 2 is 2.19 bits per heavy atom. The maximum absolute atomic E-state index is 12.5. The van der Waals surface area contributed by atoms with E-state index in [0.29, 0.717) is 18.7 Å². The molecule has 0 atom stereocenters. The Kier molecular flexibility index (Phi) is 5.33. The van der Waals surface area contributed by atoms with Crippen LogP contribution in [0.25, 0.3) is 6.08 Å². The summed E-state index contributed by atoms with van der Waals surface area (Å²) in [6.45, 7) is 1.22. The normalized spacial score (nSPS) is 14.3. The third-order valence-electron chi connectivity index (χ3n) is 3.76. The summed E-state index contributed by atoms with van der Waals surface area (Å²) in [6, 6.07) is 1.85. The third-order valence-corrected chi connectivity index (χ3v) is 3.76. The van der Waals surface area contributed by atoms with E-state index >= 15 is 0 Å². The zero-order valence-corrected chi connectivity index (χ0v) is 12.3. The molecule has 2 rings (SSSR count). The van der Waals surface area contributed by atoms with Crippen molar-refractivity contribution in [2.24, 2.45) is 0 Å². The zero-order chi connectivity index (χ0) is 15.2. The van der Waals surface area contributed by atoms with Crippen molar-refractivity contribution >= 4 is 12.0 Å². The quantitative estimate of drug-likeness (QED) is 0.641. The third kappa shape index (κ3) is 3.82. The standard InChI is InChI=1S/C16H21NO4/c1-21-10-4-9-17-14-6-3-2-5-12(14)11-13(16(17)20)7-8-15(18)19/h7-8,11H,2-6,9-10H2,1H3,(H,18,19)/b8-7+. The van der Waals surface area contributed by atoms with E-state index in [4.69, 9.17) is 9.84 Å². The summed E-state index contributed by atoms with van der Waals surface area (Å²) in [7, 11) is 1.64. The number of rotatable bonds is 6. The molecule has 21 heavy (non-hydrogen) atoms. The van der Waals surface area contributed by atoms with Crippen LogP contribution in [0, 0.1) is 0 Å². The molecule has 0 aromatic carbocycles. The van der Waals surface area contributed by atoms with Gasteiger partial charge in [0.2, 0.25) is 0 Å². The topological polar surface area (TPSA) is 68.5 Å². The molecule has 114 valence electrons. The van der Waals surface area contributed by atoms with Gasteiger partial charge in [0, 0.05) is 37.6 Å².